The number of hydrogen-bond donors (Lipinski definition) is 0. The smallest absolute Gasteiger partial charge is 0.131 e. The number of nitrogens with zero attached hydrogens (tertiary/aromatic N) is 3. The van der Waals surface area contributed by atoms with Gasteiger partial charge in [-0.25, -0.2) is 9.97 Å². The molecule has 0 N–H and O–H groups in total. The van der Waals surface area contributed by atoms with Crippen molar-refractivity contribution in [2.24, 2.45) is 0 Å². The van der Waals surface area contributed by atoms with E-state index in [1.807, 2.05) is 6.20 Å². The maximum Gasteiger partial charge on any atom is 0.131 e. The molecule has 2 heterocycles. The fourth-order valence-corrected chi connectivity index (χ4v) is 3.13. The van der Waals surface area contributed by atoms with E-state index in [-0.39, 0.29) is 0 Å². The monoisotopic (exact) mass is 295 g/mol. The molecule has 1 aromatic heterocycles. The molecule has 1 aliphatic heterocycles. The van der Waals surface area contributed by atoms with Crippen LogP contribution in [-0.4, -0.2) is 21.4 Å². The Morgan fingerprint density at radius 3 is 2.59 bits per heavy atom. The normalized spacial score (nSPS) is 15.1. The summed E-state index contributed by atoms with van der Waals surface area (Å²) in [5.74, 6) is 1.37. The zero-order chi connectivity index (χ0) is 15.7. The average Bonchev–Trinajstić information content (AvgIpc) is 2.50. The zero-order valence-corrected chi connectivity index (χ0v) is 14.1. The molecule has 0 amide bonds. The van der Waals surface area contributed by atoms with Crippen molar-refractivity contribution in [1.29, 1.82) is 0 Å². The van der Waals surface area contributed by atoms with Gasteiger partial charge in [0, 0.05) is 49.4 Å². The molecule has 0 aliphatic carbocycles. The van der Waals surface area contributed by atoms with E-state index in [9.17, 15) is 0 Å². The van der Waals surface area contributed by atoms with Crippen LogP contribution in [0.15, 0.2) is 24.4 Å². The van der Waals surface area contributed by atoms with Crippen molar-refractivity contribution in [1.82, 2.24) is 14.9 Å². The van der Waals surface area contributed by atoms with Gasteiger partial charge < -0.3 is 0 Å². The summed E-state index contributed by atoms with van der Waals surface area (Å²) >= 11 is 0. The second-order valence-corrected chi connectivity index (χ2v) is 6.69. The molecular formula is C19H25N3. The van der Waals surface area contributed by atoms with Gasteiger partial charge in [-0.3, -0.25) is 4.90 Å². The van der Waals surface area contributed by atoms with E-state index in [4.69, 9.17) is 4.98 Å². The standard InChI is InChI=1S/C19H25N3/c1-13(2)19-20-10-16-11-22(9-8-18(16)21-19)12-17-14(3)6-5-7-15(17)4/h5-7,10,13H,8-9,11-12H2,1-4H3. The van der Waals surface area contributed by atoms with Gasteiger partial charge in [0.15, 0.2) is 0 Å². The molecule has 0 bridgehead atoms. The summed E-state index contributed by atoms with van der Waals surface area (Å²) in [7, 11) is 0. The molecule has 116 valence electrons. The molecule has 1 aromatic carbocycles. The van der Waals surface area contributed by atoms with E-state index in [1.54, 1.807) is 0 Å². The molecule has 0 atom stereocenters. The van der Waals surface area contributed by atoms with Gasteiger partial charge in [-0.05, 0) is 30.5 Å². The van der Waals surface area contributed by atoms with Crippen molar-refractivity contribution >= 4 is 0 Å². The largest absolute Gasteiger partial charge is 0.294 e. The third kappa shape index (κ3) is 3.05. The molecule has 0 saturated carbocycles. The third-order valence-electron chi connectivity index (χ3n) is 4.57. The Labute approximate surface area is 133 Å². The van der Waals surface area contributed by atoms with Crippen molar-refractivity contribution < 1.29 is 0 Å². The van der Waals surface area contributed by atoms with Gasteiger partial charge in [0.25, 0.3) is 0 Å². The summed E-state index contributed by atoms with van der Waals surface area (Å²) in [6, 6.07) is 6.55. The zero-order valence-electron chi connectivity index (χ0n) is 14.1. The first-order valence-corrected chi connectivity index (χ1v) is 8.16. The van der Waals surface area contributed by atoms with Crippen LogP contribution in [0.5, 0.6) is 0 Å². The van der Waals surface area contributed by atoms with Gasteiger partial charge in [0.1, 0.15) is 5.82 Å². The van der Waals surface area contributed by atoms with Gasteiger partial charge in [0.2, 0.25) is 0 Å². The molecule has 3 nitrogen and oxygen atoms in total. The van der Waals surface area contributed by atoms with Crippen molar-refractivity contribution in [3.63, 3.8) is 0 Å². The van der Waals surface area contributed by atoms with Crippen LogP contribution in [0.4, 0.5) is 0 Å². The first kappa shape index (κ1) is 15.2. The van der Waals surface area contributed by atoms with Gasteiger partial charge in [-0.1, -0.05) is 32.0 Å². The molecule has 3 heteroatoms. The molecule has 1 aliphatic rings. The molecule has 0 unspecified atom stereocenters. The van der Waals surface area contributed by atoms with Crippen LogP contribution in [0.1, 0.15) is 53.5 Å². The van der Waals surface area contributed by atoms with E-state index < -0.39 is 0 Å². The lowest BCUT2D eigenvalue weighted by Crippen LogP contribution is -2.31. The molecule has 0 spiro atoms. The van der Waals surface area contributed by atoms with Crippen LogP contribution in [0, 0.1) is 13.8 Å². The third-order valence-corrected chi connectivity index (χ3v) is 4.57. The summed E-state index contributed by atoms with van der Waals surface area (Å²) < 4.78 is 0. The molecule has 22 heavy (non-hydrogen) atoms. The molecule has 0 fully saturated rings. The second kappa shape index (κ2) is 6.17. The minimum absolute atomic E-state index is 0.401. The van der Waals surface area contributed by atoms with Crippen molar-refractivity contribution in [2.45, 2.75) is 53.1 Å². The summed E-state index contributed by atoms with van der Waals surface area (Å²) in [4.78, 5) is 11.8. The number of aromatic nitrogens is 2. The highest BCUT2D eigenvalue weighted by Crippen LogP contribution is 2.22. The Kier molecular flexibility index (Phi) is 4.25. The number of rotatable bonds is 3. The predicted octanol–water partition coefficient (Wildman–Crippen LogP) is 3.78. The van der Waals surface area contributed by atoms with Gasteiger partial charge in [0.05, 0.1) is 0 Å². The first-order valence-electron chi connectivity index (χ1n) is 8.16. The maximum absolute atomic E-state index is 4.75. The van der Waals surface area contributed by atoms with E-state index in [2.05, 4.69) is 55.8 Å². The Hall–Kier alpha value is -1.74. The number of aryl methyl sites for hydroxylation is 2. The Morgan fingerprint density at radius 1 is 1.18 bits per heavy atom. The van der Waals surface area contributed by atoms with E-state index >= 15 is 0 Å². The van der Waals surface area contributed by atoms with E-state index in [0.717, 1.165) is 31.9 Å². The second-order valence-electron chi connectivity index (χ2n) is 6.69. The van der Waals surface area contributed by atoms with Crippen LogP contribution in [0.25, 0.3) is 0 Å². The van der Waals surface area contributed by atoms with Crippen LogP contribution in [0.2, 0.25) is 0 Å². The highest BCUT2D eigenvalue weighted by atomic mass is 15.1. The molecular weight excluding hydrogens is 270 g/mol. The predicted molar refractivity (Wildman–Crippen MR) is 89.9 cm³/mol. The van der Waals surface area contributed by atoms with Crippen molar-refractivity contribution in [3.8, 4) is 0 Å². The van der Waals surface area contributed by atoms with Crippen molar-refractivity contribution in [2.75, 3.05) is 6.54 Å². The fraction of sp³-hybridized carbons (Fsp3) is 0.474. The Bertz CT molecular complexity index is 656. The Balaban J connectivity index is 1.77. The number of benzene rings is 1. The van der Waals surface area contributed by atoms with Gasteiger partial charge in [-0.2, -0.15) is 0 Å². The minimum atomic E-state index is 0.401. The molecule has 0 saturated heterocycles. The summed E-state index contributed by atoms with van der Waals surface area (Å²) in [5.41, 5.74) is 6.78. The lowest BCUT2D eigenvalue weighted by molar-refractivity contribution is 0.241. The van der Waals surface area contributed by atoms with E-state index in [0.29, 0.717) is 5.92 Å². The summed E-state index contributed by atoms with van der Waals surface area (Å²) in [6.45, 7) is 11.8. The van der Waals surface area contributed by atoms with Crippen LogP contribution in [-0.2, 0) is 19.5 Å². The quantitative estimate of drug-likeness (QED) is 0.863. The van der Waals surface area contributed by atoms with Crippen LogP contribution < -0.4 is 0 Å². The SMILES string of the molecule is Cc1cccc(C)c1CN1CCc2nc(C(C)C)ncc2C1. The molecule has 2 aromatic rings. The highest BCUT2D eigenvalue weighted by molar-refractivity contribution is 5.33. The summed E-state index contributed by atoms with van der Waals surface area (Å²) in [5, 5.41) is 0. The lowest BCUT2D eigenvalue weighted by atomic mass is 10.0. The topological polar surface area (TPSA) is 29.0 Å². The average molecular weight is 295 g/mol. The highest BCUT2D eigenvalue weighted by Gasteiger charge is 2.20. The maximum atomic E-state index is 4.75. The Morgan fingerprint density at radius 2 is 1.91 bits per heavy atom. The van der Waals surface area contributed by atoms with E-state index in [1.165, 1.54) is 27.9 Å². The van der Waals surface area contributed by atoms with Crippen LogP contribution in [0.3, 0.4) is 0 Å². The van der Waals surface area contributed by atoms with Gasteiger partial charge in [-0.15, -0.1) is 0 Å². The molecule has 3 rings (SSSR count). The minimum Gasteiger partial charge on any atom is -0.294 e. The summed E-state index contributed by atoms with van der Waals surface area (Å²) in [6.07, 6.45) is 3.07. The number of hydrogen-bond acceptors (Lipinski definition) is 3. The fourth-order valence-electron chi connectivity index (χ4n) is 3.13. The molecule has 0 radical (unpaired) electrons. The lowest BCUT2D eigenvalue weighted by Gasteiger charge is -2.29. The van der Waals surface area contributed by atoms with Gasteiger partial charge >= 0.3 is 0 Å². The first-order chi connectivity index (χ1) is 10.5. The number of fused-ring (bicyclic) bond motifs is 1. The van der Waals surface area contributed by atoms with Crippen molar-refractivity contribution in [3.05, 3.63) is 58.2 Å². The van der Waals surface area contributed by atoms with Crippen LogP contribution >= 0.6 is 0 Å².